The van der Waals surface area contributed by atoms with Crippen molar-refractivity contribution in [2.24, 2.45) is 0 Å². The van der Waals surface area contributed by atoms with Crippen LogP contribution in [0.1, 0.15) is 24.8 Å². The fraction of sp³-hybridized carbons (Fsp3) is 0.333. The summed E-state index contributed by atoms with van der Waals surface area (Å²) in [5.41, 5.74) is -0.491. The molecule has 1 aliphatic rings. The van der Waals surface area contributed by atoms with Crippen LogP contribution in [-0.4, -0.2) is 21.5 Å². The molecule has 0 spiro atoms. The number of anilines is 2. The first kappa shape index (κ1) is 20.0. The van der Waals surface area contributed by atoms with Crippen molar-refractivity contribution < 1.29 is 21.6 Å². The largest absolute Gasteiger partial charge is 0.416 e. The Morgan fingerprint density at radius 2 is 1.59 bits per heavy atom. The average Bonchev–Trinajstić information content (AvgIpc) is 2.62. The lowest BCUT2D eigenvalue weighted by Crippen LogP contribution is -2.30. The van der Waals surface area contributed by atoms with Crippen LogP contribution in [0.25, 0.3) is 0 Å². The number of rotatable bonds is 4. The van der Waals surface area contributed by atoms with Gasteiger partial charge in [-0.2, -0.15) is 13.2 Å². The first-order valence-corrected chi connectivity index (χ1v) is 10.7. The predicted octanol–water partition coefficient (Wildman–Crippen LogP) is 5.26. The second-order valence-corrected chi connectivity index (χ2v) is 8.93. The van der Waals surface area contributed by atoms with Gasteiger partial charge in [0.25, 0.3) is 10.0 Å². The molecular weight excluding hydrogens is 445 g/mol. The second-order valence-electron chi connectivity index (χ2n) is 6.34. The smallest absolute Gasteiger partial charge is 0.370 e. The summed E-state index contributed by atoms with van der Waals surface area (Å²) in [5, 5.41) is 0. The van der Waals surface area contributed by atoms with E-state index in [0.29, 0.717) is 23.2 Å². The van der Waals surface area contributed by atoms with Gasteiger partial charge in [0.1, 0.15) is 0 Å². The van der Waals surface area contributed by atoms with Crippen molar-refractivity contribution in [2.45, 2.75) is 30.3 Å². The molecule has 1 aliphatic heterocycles. The number of hydrogen-bond donors (Lipinski definition) is 1. The molecule has 0 bridgehead atoms. The monoisotopic (exact) mass is 462 g/mol. The fourth-order valence-corrected chi connectivity index (χ4v) is 4.35. The predicted molar refractivity (Wildman–Crippen MR) is 102 cm³/mol. The van der Waals surface area contributed by atoms with Gasteiger partial charge in [0.15, 0.2) is 0 Å². The Morgan fingerprint density at radius 3 is 2.19 bits per heavy atom. The van der Waals surface area contributed by atoms with Crippen LogP contribution in [0, 0.1) is 0 Å². The van der Waals surface area contributed by atoms with Crippen LogP contribution in [0.15, 0.2) is 51.8 Å². The van der Waals surface area contributed by atoms with E-state index in [2.05, 4.69) is 20.7 Å². The maximum absolute atomic E-state index is 13.1. The van der Waals surface area contributed by atoms with E-state index in [1.807, 2.05) is 4.90 Å². The molecule has 0 saturated carbocycles. The molecule has 2 aromatic rings. The molecule has 4 nitrogen and oxygen atoms in total. The van der Waals surface area contributed by atoms with Gasteiger partial charge in [0.05, 0.1) is 21.8 Å². The van der Waals surface area contributed by atoms with Crippen molar-refractivity contribution in [3.63, 3.8) is 0 Å². The molecule has 1 fully saturated rings. The number of alkyl halides is 3. The van der Waals surface area contributed by atoms with Gasteiger partial charge in [0, 0.05) is 17.6 Å². The summed E-state index contributed by atoms with van der Waals surface area (Å²) in [5.74, 6) is 0. The summed E-state index contributed by atoms with van der Waals surface area (Å²) >= 11 is 3.23. The third-order valence-corrected chi connectivity index (χ3v) is 6.30. The highest BCUT2D eigenvalue weighted by atomic mass is 79.9. The van der Waals surface area contributed by atoms with Gasteiger partial charge in [-0.05, 0) is 61.7 Å². The molecule has 1 N–H and O–H groups in total. The number of hydrogen-bond acceptors (Lipinski definition) is 3. The summed E-state index contributed by atoms with van der Waals surface area (Å²) in [6, 6.07) is 9.09. The Labute approximate surface area is 164 Å². The van der Waals surface area contributed by atoms with Gasteiger partial charge in [-0.25, -0.2) is 8.42 Å². The van der Waals surface area contributed by atoms with E-state index in [4.69, 9.17) is 0 Å². The van der Waals surface area contributed by atoms with Gasteiger partial charge in [0.2, 0.25) is 0 Å². The highest BCUT2D eigenvalue weighted by Crippen LogP contribution is 2.37. The van der Waals surface area contributed by atoms with E-state index in [-0.39, 0.29) is 10.6 Å². The third kappa shape index (κ3) is 4.76. The minimum Gasteiger partial charge on any atom is -0.370 e. The van der Waals surface area contributed by atoms with Gasteiger partial charge in [-0.3, -0.25) is 4.72 Å². The zero-order chi connectivity index (χ0) is 19.7. The molecule has 0 aromatic heterocycles. The second kappa shape index (κ2) is 7.71. The zero-order valence-electron chi connectivity index (χ0n) is 14.3. The molecule has 146 valence electrons. The Hall–Kier alpha value is -1.74. The highest BCUT2D eigenvalue weighted by molar-refractivity contribution is 9.10. The minimum atomic E-state index is -4.56. The number of sulfonamides is 1. The summed E-state index contributed by atoms with van der Waals surface area (Å²) in [6.45, 7) is 1.36. The van der Waals surface area contributed by atoms with Gasteiger partial charge in [-0.1, -0.05) is 15.9 Å². The Morgan fingerprint density at radius 1 is 0.963 bits per heavy atom. The molecule has 0 aliphatic carbocycles. The van der Waals surface area contributed by atoms with Crippen LogP contribution in [0.4, 0.5) is 24.5 Å². The number of benzene rings is 2. The van der Waals surface area contributed by atoms with Crippen LogP contribution in [0.3, 0.4) is 0 Å². The number of nitrogens with zero attached hydrogens (tertiary/aromatic N) is 1. The van der Waals surface area contributed by atoms with Crippen LogP contribution < -0.4 is 9.62 Å². The Balaban J connectivity index is 2.01. The maximum atomic E-state index is 13.1. The summed E-state index contributed by atoms with van der Waals surface area (Å²) in [7, 11) is -4.02. The Kier molecular flexibility index (Phi) is 5.71. The lowest BCUT2D eigenvalue weighted by Gasteiger charge is -2.31. The maximum Gasteiger partial charge on any atom is 0.416 e. The van der Waals surface area contributed by atoms with Crippen LogP contribution >= 0.6 is 15.9 Å². The normalized spacial score (nSPS) is 15.6. The first-order valence-electron chi connectivity index (χ1n) is 8.41. The van der Waals surface area contributed by atoms with Crippen molar-refractivity contribution in [1.29, 1.82) is 0 Å². The average molecular weight is 463 g/mol. The number of nitrogens with one attached hydrogen (secondary N) is 1. The summed E-state index contributed by atoms with van der Waals surface area (Å²) in [4.78, 5) is 1.90. The summed E-state index contributed by atoms with van der Waals surface area (Å²) < 4.78 is 67.9. The van der Waals surface area contributed by atoms with Crippen molar-refractivity contribution in [3.05, 3.63) is 52.5 Å². The van der Waals surface area contributed by atoms with Gasteiger partial charge in [-0.15, -0.1) is 0 Å². The molecule has 3 rings (SSSR count). The number of halogens is 4. The van der Waals surface area contributed by atoms with Crippen molar-refractivity contribution in [1.82, 2.24) is 0 Å². The first-order chi connectivity index (χ1) is 12.7. The van der Waals surface area contributed by atoms with Crippen LogP contribution in [0.2, 0.25) is 0 Å². The van der Waals surface area contributed by atoms with E-state index in [1.54, 1.807) is 12.1 Å². The molecule has 0 amide bonds. The van der Waals surface area contributed by atoms with E-state index < -0.39 is 21.8 Å². The van der Waals surface area contributed by atoms with Gasteiger partial charge >= 0.3 is 6.18 Å². The van der Waals surface area contributed by atoms with E-state index in [1.165, 1.54) is 18.2 Å². The van der Waals surface area contributed by atoms with Crippen molar-refractivity contribution in [2.75, 3.05) is 22.7 Å². The highest BCUT2D eigenvalue weighted by Gasteiger charge is 2.32. The Bertz CT molecular complexity index is 909. The standard InChI is InChI=1S/C18H18BrF3N2O2S/c19-14-5-7-15(8-6-14)27(25,26)23-16-12-13(18(20,21)22)4-9-17(16)24-10-2-1-3-11-24/h4-9,12,23H,1-3,10-11H2. The van der Waals surface area contributed by atoms with E-state index in [0.717, 1.165) is 31.4 Å². The number of piperidine rings is 1. The minimum absolute atomic E-state index is 0.0206. The van der Waals surface area contributed by atoms with Gasteiger partial charge < -0.3 is 4.90 Å². The molecule has 9 heteroatoms. The van der Waals surface area contributed by atoms with E-state index in [9.17, 15) is 21.6 Å². The van der Waals surface area contributed by atoms with Crippen molar-refractivity contribution >= 4 is 37.3 Å². The molecule has 27 heavy (non-hydrogen) atoms. The molecular formula is C18H18BrF3N2O2S. The van der Waals surface area contributed by atoms with Crippen LogP contribution in [-0.2, 0) is 16.2 Å². The molecule has 1 heterocycles. The quantitative estimate of drug-likeness (QED) is 0.673. The molecule has 1 saturated heterocycles. The topological polar surface area (TPSA) is 49.4 Å². The van der Waals surface area contributed by atoms with Crippen molar-refractivity contribution in [3.8, 4) is 0 Å². The lowest BCUT2D eigenvalue weighted by atomic mass is 10.1. The molecule has 0 unspecified atom stereocenters. The lowest BCUT2D eigenvalue weighted by molar-refractivity contribution is -0.137. The molecule has 0 radical (unpaired) electrons. The molecule has 0 atom stereocenters. The summed E-state index contributed by atoms with van der Waals surface area (Å²) in [6.07, 6.45) is -1.67. The SMILES string of the molecule is O=S(=O)(Nc1cc(C(F)(F)F)ccc1N1CCCCC1)c1ccc(Br)cc1. The third-order valence-electron chi connectivity index (χ3n) is 4.39. The fourth-order valence-electron chi connectivity index (χ4n) is 3.02. The molecule has 2 aromatic carbocycles. The zero-order valence-corrected chi connectivity index (χ0v) is 16.7. The van der Waals surface area contributed by atoms with Crippen LogP contribution in [0.5, 0.6) is 0 Å². The van der Waals surface area contributed by atoms with E-state index >= 15 is 0 Å².